The molecule has 0 amide bonds. The number of aliphatic hydroxyl groups is 2. The average Bonchev–Trinajstić information content (AvgIpc) is 2.49. The summed E-state index contributed by atoms with van der Waals surface area (Å²) in [7, 11) is -14.3. The van der Waals surface area contributed by atoms with Crippen LogP contribution in [0.25, 0.3) is 0 Å². The van der Waals surface area contributed by atoms with Gasteiger partial charge in [0.25, 0.3) is 0 Å². The molecule has 0 aromatic carbocycles. The van der Waals surface area contributed by atoms with E-state index >= 15 is 0 Å². The van der Waals surface area contributed by atoms with Crippen molar-refractivity contribution >= 4 is 31.4 Å². The first kappa shape index (κ1) is 20.6. The molecular weight excluding hydrogens is 370 g/mol. The quantitative estimate of drug-likeness (QED) is 0.156. The number of hydrogen-bond acceptors (Lipinski definition) is 10. The van der Waals surface area contributed by atoms with Gasteiger partial charge in [0.15, 0.2) is 0 Å². The van der Waals surface area contributed by atoms with Crippen LogP contribution in [0.3, 0.4) is 0 Å². The maximum atomic E-state index is 11.2. The molecule has 1 fully saturated rings. The fourth-order valence-corrected chi connectivity index (χ4v) is 5.23. The molecule has 17 heteroatoms. The van der Waals surface area contributed by atoms with Crippen LogP contribution in [0.5, 0.6) is 0 Å². The summed E-state index contributed by atoms with van der Waals surface area (Å²) in [5.41, 5.74) is 0. The molecule has 1 unspecified atom stereocenters. The average molecular weight is 387 g/mol. The van der Waals surface area contributed by atoms with Crippen LogP contribution in [0.2, 0.25) is 0 Å². The Labute approximate surface area is 125 Å². The zero-order valence-corrected chi connectivity index (χ0v) is 13.9. The van der Waals surface area contributed by atoms with Crippen LogP contribution in [0.4, 0.5) is 0 Å². The van der Waals surface area contributed by atoms with E-state index in [0.29, 0.717) is 0 Å². The van der Waals surface area contributed by atoms with E-state index in [2.05, 4.69) is 13.9 Å². The summed E-state index contributed by atoms with van der Waals surface area (Å²) in [6.45, 7) is 0. The minimum absolute atomic E-state index is 0.559. The topological polar surface area (TPSA) is 215 Å². The van der Waals surface area contributed by atoms with E-state index in [1.807, 2.05) is 0 Å². The molecule has 22 heavy (non-hydrogen) atoms. The van der Waals surface area contributed by atoms with E-state index in [1.165, 1.54) is 7.85 Å². The van der Waals surface area contributed by atoms with Crippen molar-refractivity contribution in [2.45, 2.75) is 24.4 Å². The van der Waals surface area contributed by atoms with Crippen molar-refractivity contribution < 1.29 is 57.2 Å². The Kier molecular flexibility index (Phi) is 6.71. The standard InChI is InChI=1S/C5H17BNO12P3/c6-4-2(8)3(9)5(7-4)17-1-20(10,11)18-22(15,16)19-21(12,13)14/h2-5,7-11,20H,1,6H2,(H,15,16)(H2,12,13,14)/t2-,3+,4-,5-/m1/s1. The second kappa shape index (κ2) is 7.18. The van der Waals surface area contributed by atoms with Crippen LogP contribution in [-0.2, 0) is 22.5 Å². The van der Waals surface area contributed by atoms with Crippen LogP contribution < -0.4 is 5.32 Å². The summed E-state index contributed by atoms with van der Waals surface area (Å²) < 4.78 is 33.7. The Bertz CT molecular complexity index is 483. The summed E-state index contributed by atoms with van der Waals surface area (Å²) in [6.07, 6.45) is -4.86. The van der Waals surface area contributed by atoms with Crippen molar-refractivity contribution in [1.29, 1.82) is 0 Å². The Morgan fingerprint density at radius 2 is 1.68 bits per heavy atom. The second-order valence-corrected chi connectivity index (χ2v) is 9.62. The van der Waals surface area contributed by atoms with Crippen molar-refractivity contribution in [3.05, 3.63) is 0 Å². The van der Waals surface area contributed by atoms with Crippen molar-refractivity contribution in [2.24, 2.45) is 0 Å². The van der Waals surface area contributed by atoms with Crippen molar-refractivity contribution in [3.63, 3.8) is 0 Å². The third-order valence-electron chi connectivity index (χ3n) is 2.52. The van der Waals surface area contributed by atoms with Gasteiger partial charge in [0.05, 0.1) is 0 Å². The van der Waals surface area contributed by atoms with E-state index < -0.39 is 54.3 Å². The van der Waals surface area contributed by atoms with Crippen molar-refractivity contribution in [2.75, 3.05) is 6.35 Å². The molecular formula is C5H17BNO12P3. The van der Waals surface area contributed by atoms with Gasteiger partial charge < -0.3 is 0 Å². The number of aliphatic hydroxyl groups excluding tert-OH is 2. The van der Waals surface area contributed by atoms with E-state index in [-0.39, 0.29) is 0 Å². The number of rotatable bonds is 7. The van der Waals surface area contributed by atoms with Gasteiger partial charge in [0.2, 0.25) is 0 Å². The fourth-order valence-electron chi connectivity index (χ4n) is 1.64. The van der Waals surface area contributed by atoms with Crippen LogP contribution in [0.1, 0.15) is 0 Å². The number of phosphoric acid groups is 2. The predicted octanol–water partition coefficient (Wildman–Crippen LogP) is -3.72. The first-order valence-corrected chi connectivity index (χ1v) is 10.7. The summed E-state index contributed by atoms with van der Waals surface area (Å²) in [5, 5.41) is 21.6. The molecule has 1 rings (SSSR count). The Balaban J connectivity index is 2.57. The molecule has 0 bridgehead atoms. The molecule has 1 saturated heterocycles. The maximum absolute atomic E-state index is 11.2. The van der Waals surface area contributed by atoms with Gasteiger partial charge >= 0.3 is 125 Å². The molecule has 132 valence electrons. The zero-order valence-electron chi connectivity index (χ0n) is 11.1. The molecule has 5 atom stereocenters. The van der Waals surface area contributed by atoms with Gasteiger partial charge in [-0.2, -0.15) is 0 Å². The van der Waals surface area contributed by atoms with E-state index in [9.17, 15) is 29.1 Å². The molecule has 1 heterocycles. The summed E-state index contributed by atoms with van der Waals surface area (Å²) in [5.74, 6) is -0.559. The van der Waals surface area contributed by atoms with Crippen molar-refractivity contribution in [3.8, 4) is 0 Å². The van der Waals surface area contributed by atoms with Gasteiger partial charge in [-0.1, -0.05) is 0 Å². The summed E-state index contributed by atoms with van der Waals surface area (Å²) in [6, 6.07) is 0. The van der Waals surface area contributed by atoms with Crippen LogP contribution in [0.15, 0.2) is 0 Å². The molecule has 0 spiro atoms. The van der Waals surface area contributed by atoms with Gasteiger partial charge in [-0.3, -0.25) is 0 Å². The SMILES string of the molecule is B[C@@H]1N[C@H](OC[PH](O)(O)OP(=O)(O)OP(=O)(O)O)[C@@H](O)[C@H]1O. The molecule has 8 N–H and O–H groups in total. The van der Waals surface area contributed by atoms with E-state index in [4.69, 9.17) is 19.4 Å². The number of ether oxygens (including phenoxy) is 1. The Morgan fingerprint density at radius 1 is 1.14 bits per heavy atom. The van der Waals surface area contributed by atoms with Gasteiger partial charge in [-0.05, 0) is 0 Å². The van der Waals surface area contributed by atoms with Crippen LogP contribution in [-0.4, -0.2) is 73.3 Å². The Hall–Kier alpha value is 0.515. The van der Waals surface area contributed by atoms with Gasteiger partial charge in [-0.25, -0.2) is 0 Å². The van der Waals surface area contributed by atoms with Gasteiger partial charge in [0.1, 0.15) is 0 Å². The molecule has 1 aliphatic rings. The summed E-state index contributed by atoms with van der Waals surface area (Å²) >= 11 is 0. The third kappa shape index (κ3) is 6.56. The van der Waals surface area contributed by atoms with Crippen LogP contribution in [0, 0.1) is 0 Å². The fraction of sp³-hybridized carbons (Fsp3) is 1.00. The summed E-state index contributed by atoms with van der Waals surface area (Å²) in [4.78, 5) is 44.6. The second-order valence-electron chi connectivity index (χ2n) is 4.54. The molecule has 0 aromatic heterocycles. The van der Waals surface area contributed by atoms with Gasteiger partial charge in [-0.15, -0.1) is 0 Å². The normalized spacial score (nSPS) is 33.6. The zero-order chi connectivity index (χ0) is 17.3. The first-order valence-electron chi connectivity index (χ1n) is 5.71. The molecule has 0 radical (unpaired) electrons. The monoisotopic (exact) mass is 387 g/mol. The molecule has 0 saturated carbocycles. The minimum atomic E-state index is -5.45. The Morgan fingerprint density at radius 3 is 2.09 bits per heavy atom. The molecule has 13 nitrogen and oxygen atoms in total. The molecule has 0 aromatic rings. The van der Waals surface area contributed by atoms with E-state index in [0.717, 1.165) is 0 Å². The first-order chi connectivity index (χ1) is 9.72. The molecule has 1 aliphatic heterocycles. The van der Waals surface area contributed by atoms with E-state index in [1.54, 1.807) is 0 Å². The predicted molar refractivity (Wildman–Crippen MR) is 74.0 cm³/mol. The third-order valence-corrected chi connectivity index (χ3v) is 6.83. The van der Waals surface area contributed by atoms with Crippen molar-refractivity contribution in [1.82, 2.24) is 5.32 Å². The number of nitrogens with one attached hydrogen (secondary N) is 1. The molecule has 0 aliphatic carbocycles. The van der Waals surface area contributed by atoms with Crippen LogP contribution >= 0.6 is 23.6 Å². The number of hydrogen-bond donors (Lipinski definition) is 8. The van der Waals surface area contributed by atoms with Gasteiger partial charge in [0, 0.05) is 0 Å².